The van der Waals surface area contributed by atoms with Crippen LogP contribution in [-0.2, 0) is 6.54 Å². The van der Waals surface area contributed by atoms with Gasteiger partial charge in [0, 0.05) is 19.1 Å². The van der Waals surface area contributed by atoms with E-state index in [0.717, 1.165) is 43.1 Å². The van der Waals surface area contributed by atoms with E-state index in [1.165, 1.54) is 32.1 Å². The molecule has 21 heavy (non-hydrogen) atoms. The lowest BCUT2D eigenvalue weighted by atomic mass is 9.92. The van der Waals surface area contributed by atoms with Crippen molar-refractivity contribution in [3.8, 4) is 0 Å². The van der Waals surface area contributed by atoms with E-state index in [-0.39, 0.29) is 0 Å². The van der Waals surface area contributed by atoms with Gasteiger partial charge in [0.2, 0.25) is 0 Å². The van der Waals surface area contributed by atoms with E-state index in [1.807, 2.05) is 12.4 Å². The van der Waals surface area contributed by atoms with Gasteiger partial charge in [0.25, 0.3) is 0 Å². The van der Waals surface area contributed by atoms with Gasteiger partial charge in [-0.15, -0.1) is 0 Å². The zero-order valence-corrected chi connectivity index (χ0v) is 13.4. The molecule has 4 nitrogen and oxygen atoms in total. The highest BCUT2D eigenvalue weighted by Gasteiger charge is 2.35. The lowest BCUT2D eigenvalue weighted by molar-refractivity contribution is 0.360. The highest BCUT2D eigenvalue weighted by Crippen LogP contribution is 2.38. The van der Waals surface area contributed by atoms with Crippen LogP contribution in [0.25, 0.3) is 0 Å². The van der Waals surface area contributed by atoms with E-state index in [0.29, 0.717) is 5.92 Å². The van der Waals surface area contributed by atoms with Crippen LogP contribution in [0.2, 0.25) is 0 Å². The normalized spacial score (nSPS) is 25.4. The molecule has 116 valence electrons. The van der Waals surface area contributed by atoms with E-state index in [1.54, 1.807) is 0 Å². The number of rotatable bonds is 5. The monoisotopic (exact) mass is 288 g/mol. The molecular weight excluding hydrogens is 260 g/mol. The van der Waals surface area contributed by atoms with Crippen LogP contribution in [0.15, 0.2) is 12.4 Å². The van der Waals surface area contributed by atoms with Crippen molar-refractivity contribution in [2.45, 2.75) is 58.5 Å². The van der Waals surface area contributed by atoms with Crippen molar-refractivity contribution >= 4 is 5.82 Å². The maximum absolute atomic E-state index is 4.68. The third-order valence-corrected chi connectivity index (χ3v) is 4.84. The Hall–Kier alpha value is -1.16. The SMILES string of the molecule is CC(C)CNCc1cnc(N2CCCC3CCCC32)cn1. The van der Waals surface area contributed by atoms with E-state index < -0.39 is 0 Å². The van der Waals surface area contributed by atoms with E-state index in [4.69, 9.17) is 0 Å². The molecule has 3 rings (SSSR count). The molecule has 0 bridgehead atoms. The Labute approximate surface area is 128 Å². The molecule has 1 aliphatic carbocycles. The van der Waals surface area contributed by atoms with Gasteiger partial charge in [0.1, 0.15) is 5.82 Å². The molecule has 2 aliphatic rings. The Balaban J connectivity index is 1.61. The van der Waals surface area contributed by atoms with Gasteiger partial charge in [-0.2, -0.15) is 0 Å². The fourth-order valence-electron chi connectivity index (χ4n) is 3.81. The lowest BCUT2D eigenvalue weighted by Crippen LogP contribution is -2.43. The van der Waals surface area contributed by atoms with Gasteiger partial charge in [0.15, 0.2) is 0 Å². The second kappa shape index (κ2) is 6.73. The Morgan fingerprint density at radius 2 is 2.05 bits per heavy atom. The number of hydrogen-bond acceptors (Lipinski definition) is 4. The average Bonchev–Trinajstić information content (AvgIpc) is 2.96. The molecule has 1 saturated heterocycles. The minimum atomic E-state index is 0.671. The Kier molecular flexibility index (Phi) is 4.73. The first-order valence-corrected chi connectivity index (χ1v) is 8.52. The van der Waals surface area contributed by atoms with Gasteiger partial charge in [0.05, 0.1) is 18.1 Å². The van der Waals surface area contributed by atoms with Crippen LogP contribution >= 0.6 is 0 Å². The van der Waals surface area contributed by atoms with Gasteiger partial charge >= 0.3 is 0 Å². The summed E-state index contributed by atoms with van der Waals surface area (Å²) in [6.07, 6.45) is 10.8. The molecule has 0 spiro atoms. The number of anilines is 1. The first-order chi connectivity index (χ1) is 10.2. The van der Waals surface area contributed by atoms with Crippen LogP contribution in [0, 0.1) is 11.8 Å². The zero-order chi connectivity index (χ0) is 14.7. The van der Waals surface area contributed by atoms with Crippen molar-refractivity contribution in [1.29, 1.82) is 0 Å². The first kappa shape index (κ1) is 14.8. The van der Waals surface area contributed by atoms with Crippen molar-refractivity contribution in [2.24, 2.45) is 11.8 Å². The number of piperidine rings is 1. The van der Waals surface area contributed by atoms with Crippen molar-refractivity contribution < 1.29 is 0 Å². The number of nitrogens with zero attached hydrogens (tertiary/aromatic N) is 3. The fourth-order valence-corrected chi connectivity index (χ4v) is 3.81. The highest BCUT2D eigenvalue weighted by molar-refractivity contribution is 5.39. The number of fused-ring (bicyclic) bond motifs is 1. The fraction of sp³-hybridized carbons (Fsp3) is 0.765. The predicted molar refractivity (Wildman–Crippen MR) is 86.3 cm³/mol. The van der Waals surface area contributed by atoms with Gasteiger partial charge in [-0.1, -0.05) is 20.3 Å². The summed E-state index contributed by atoms with van der Waals surface area (Å²) in [7, 11) is 0. The third-order valence-electron chi connectivity index (χ3n) is 4.84. The summed E-state index contributed by atoms with van der Waals surface area (Å²) >= 11 is 0. The molecule has 0 radical (unpaired) electrons. The minimum Gasteiger partial charge on any atom is -0.352 e. The van der Waals surface area contributed by atoms with E-state index >= 15 is 0 Å². The minimum absolute atomic E-state index is 0.671. The molecule has 1 aromatic heterocycles. The summed E-state index contributed by atoms with van der Waals surface area (Å²) in [6, 6.07) is 0.720. The van der Waals surface area contributed by atoms with Gasteiger partial charge in [-0.25, -0.2) is 4.98 Å². The molecule has 2 unspecified atom stereocenters. The Bertz CT molecular complexity index is 443. The van der Waals surface area contributed by atoms with Crippen LogP contribution in [0.5, 0.6) is 0 Å². The highest BCUT2D eigenvalue weighted by atomic mass is 15.2. The molecule has 2 heterocycles. The standard InChI is InChI=1S/C17H28N4/c1-13(2)9-18-10-15-11-20-17(12-19-15)21-8-4-6-14-5-3-7-16(14)21/h11-14,16,18H,3-10H2,1-2H3. The summed E-state index contributed by atoms with van der Waals surface area (Å²) in [5.74, 6) is 2.65. The molecule has 1 aliphatic heterocycles. The maximum atomic E-state index is 4.68. The molecule has 4 heteroatoms. The molecule has 2 atom stereocenters. The second-order valence-electron chi connectivity index (χ2n) is 6.98. The predicted octanol–water partition coefficient (Wildman–Crippen LogP) is 2.99. The average molecular weight is 288 g/mol. The molecule has 1 N–H and O–H groups in total. The Morgan fingerprint density at radius 1 is 1.19 bits per heavy atom. The van der Waals surface area contributed by atoms with Crippen molar-refractivity contribution in [2.75, 3.05) is 18.0 Å². The quantitative estimate of drug-likeness (QED) is 0.904. The second-order valence-corrected chi connectivity index (χ2v) is 6.98. The van der Waals surface area contributed by atoms with E-state index in [2.05, 4.69) is 34.0 Å². The summed E-state index contributed by atoms with van der Waals surface area (Å²) in [5.41, 5.74) is 1.04. The van der Waals surface area contributed by atoms with Crippen LogP contribution < -0.4 is 10.2 Å². The maximum Gasteiger partial charge on any atom is 0.147 e. The molecule has 1 saturated carbocycles. The van der Waals surface area contributed by atoms with Gasteiger partial charge < -0.3 is 10.2 Å². The summed E-state index contributed by atoms with van der Waals surface area (Å²) < 4.78 is 0. The summed E-state index contributed by atoms with van der Waals surface area (Å²) in [6.45, 7) is 7.43. The zero-order valence-electron chi connectivity index (χ0n) is 13.4. The van der Waals surface area contributed by atoms with Crippen molar-refractivity contribution in [3.05, 3.63) is 18.1 Å². The summed E-state index contributed by atoms with van der Waals surface area (Å²) in [4.78, 5) is 11.8. The van der Waals surface area contributed by atoms with Crippen LogP contribution in [-0.4, -0.2) is 29.1 Å². The van der Waals surface area contributed by atoms with E-state index in [9.17, 15) is 0 Å². The first-order valence-electron chi connectivity index (χ1n) is 8.52. The molecule has 1 aromatic rings. The third kappa shape index (κ3) is 3.54. The molecule has 0 amide bonds. The smallest absolute Gasteiger partial charge is 0.147 e. The van der Waals surface area contributed by atoms with Crippen molar-refractivity contribution in [1.82, 2.24) is 15.3 Å². The summed E-state index contributed by atoms with van der Waals surface area (Å²) in [5, 5.41) is 3.42. The topological polar surface area (TPSA) is 41.1 Å². The molecule has 0 aromatic carbocycles. The van der Waals surface area contributed by atoms with Gasteiger partial charge in [-0.3, -0.25) is 4.98 Å². The molecule has 2 fully saturated rings. The van der Waals surface area contributed by atoms with Crippen LogP contribution in [0.4, 0.5) is 5.82 Å². The van der Waals surface area contributed by atoms with Crippen LogP contribution in [0.3, 0.4) is 0 Å². The number of aromatic nitrogens is 2. The number of hydrogen-bond donors (Lipinski definition) is 1. The largest absolute Gasteiger partial charge is 0.352 e. The van der Waals surface area contributed by atoms with Crippen LogP contribution in [0.1, 0.15) is 51.6 Å². The molecular formula is C17H28N4. The lowest BCUT2D eigenvalue weighted by Gasteiger charge is -2.38. The van der Waals surface area contributed by atoms with Crippen molar-refractivity contribution in [3.63, 3.8) is 0 Å². The Morgan fingerprint density at radius 3 is 2.81 bits per heavy atom. The van der Waals surface area contributed by atoms with Gasteiger partial charge in [-0.05, 0) is 44.1 Å². The number of nitrogens with one attached hydrogen (secondary N) is 1.